The summed E-state index contributed by atoms with van der Waals surface area (Å²) in [5.74, 6) is 0.763. The number of aryl methyl sites for hydroxylation is 3. The topological polar surface area (TPSA) is 65.9 Å². The molecule has 0 radical (unpaired) electrons. The zero-order valence-electron chi connectivity index (χ0n) is 17.6. The quantitative estimate of drug-likeness (QED) is 0.656. The van der Waals surface area contributed by atoms with Crippen molar-refractivity contribution in [2.75, 3.05) is 37.7 Å². The largest absolute Gasteiger partial charge is 0.491 e. The van der Waals surface area contributed by atoms with Crippen molar-refractivity contribution < 1.29 is 14.6 Å². The predicted octanol–water partition coefficient (Wildman–Crippen LogP) is 3.31. The Labute approximate surface area is 180 Å². The average molecular weight is 426 g/mol. The van der Waals surface area contributed by atoms with Crippen LogP contribution in [0.4, 0.5) is 5.69 Å². The highest BCUT2D eigenvalue weighted by Crippen LogP contribution is 2.27. The van der Waals surface area contributed by atoms with Gasteiger partial charge in [-0.3, -0.25) is 9.69 Å². The third-order valence-corrected chi connectivity index (χ3v) is 6.34. The Morgan fingerprint density at radius 2 is 1.93 bits per heavy atom. The zero-order valence-corrected chi connectivity index (χ0v) is 18.4. The molecule has 0 spiro atoms. The summed E-state index contributed by atoms with van der Waals surface area (Å²) in [5, 5.41) is 11.5. The van der Waals surface area contributed by atoms with Crippen LogP contribution >= 0.6 is 11.3 Å². The Morgan fingerprint density at radius 3 is 2.67 bits per heavy atom. The summed E-state index contributed by atoms with van der Waals surface area (Å²) in [5.41, 5.74) is 4.14. The van der Waals surface area contributed by atoms with Gasteiger partial charge in [0.2, 0.25) is 5.91 Å². The van der Waals surface area contributed by atoms with Crippen LogP contribution in [0.2, 0.25) is 0 Å². The van der Waals surface area contributed by atoms with E-state index in [1.54, 1.807) is 11.3 Å². The minimum atomic E-state index is -0.669. The molecule has 1 amide bonds. The lowest BCUT2D eigenvalue weighted by Gasteiger charge is -2.36. The molecular weight excluding hydrogens is 398 g/mol. The van der Waals surface area contributed by atoms with E-state index >= 15 is 0 Å². The number of thiazole rings is 1. The molecule has 1 aromatic heterocycles. The second-order valence-electron chi connectivity index (χ2n) is 7.85. The van der Waals surface area contributed by atoms with E-state index in [-0.39, 0.29) is 12.5 Å². The molecule has 0 aliphatic carbocycles. The van der Waals surface area contributed by atoms with Crippen LogP contribution in [0.1, 0.15) is 16.1 Å². The Balaban J connectivity index is 1.31. The number of anilines is 1. The van der Waals surface area contributed by atoms with Crippen molar-refractivity contribution in [1.29, 1.82) is 0 Å². The number of hydrogen-bond donors (Lipinski definition) is 1. The number of aliphatic hydroxyl groups excluding tert-OH is 1. The molecule has 1 unspecified atom stereocenters. The first-order valence-electron chi connectivity index (χ1n) is 10.2. The van der Waals surface area contributed by atoms with Gasteiger partial charge in [0, 0.05) is 31.4 Å². The molecule has 3 aromatic rings. The number of rotatable bonds is 6. The lowest BCUT2D eigenvalue weighted by Crippen LogP contribution is -2.53. The summed E-state index contributed by atoms with van der Waals surface area (Å²) >= 11 is 1.65. The fraction of sp³-hybridized carbons (Fsp3) is 0.391. The van der Waals surface area contributed by atoms with Gasteiger partial charge in [-0.05, 0) is 44.0 Å². The molecule has 2 aromatic carbocycles. The molecule has 0 bridgehead atoms. The number of fused-ring (bicyclic) bond motifs is 1. The number of benzene rings is 2. The fourth-order valence-electron chi connectivity index (χ4n) is 4.00. The molecule has 30 heavy (non-hydrogen) atoms. The summed E-state index contributed by atoms with van der Waals surface area (Å²) in [4.78, 5) is 21.1. The van der Waals surface area contributed by atoms with Crippen molar-refractivity contribution in [3.05, 3.63) is 52.5 Å². The van der Waals surface area contributed by atoms with E-state index in [1.165, 1.54) is 0 Å². The average Bonchev–Trinajstić information content (AvgIpc) is 3.07. The predicted molar refractivity (Wildman–Crippen MR) is 121 cm³/mol. The Bertz CT molecular complexity index is 1040. The number of carbonyl (C=O) groups excluding carboxylic acids is 1. The van der Waals surface area contributed by atoms with Gasteiger partial charge in [0.25, 0.3) is 0 Å². The summed E-state index contributed by atoms with van der Waals surface area (Å²) < 4.78 is 6.89. The smallest absolute Gasteiger partial charge is 0.241 e. The lowest BCUT2D eigenvalue weighted by molar-refractivity contribution is -0.121. The van der Waals surface area contributed by atoms with E-state index < -0.39 is 6.10 Å². The van der Waals surface area contributed by atoms with Gasteiger partial charge in [-0.2, -0.15) is 0 Å². The SMILES string of the molecule is Cc1nc2cc(OCC(O)CN3CCN(c4c(C)cccc4C)C(=O)C3)ccc2s1. The molecule has 2 heterocycles. The summed E-state index contributed by atoms with van der Waals surface area (Å²) in [7, 11) is 0. The number of nitrogens with zero attached hydrogens (tertiary/aromatic N) is 3. The van der Waals surface area contributed by atoms with Crippen molar-refractivity contribution >= 4 is 33.1 Å². The van der Waals surface area contributed by atoms with Gasteiger partial charge in [0.15, 0.2) is 0 Å². The van der Waals surface area contributed by atoms with Crippen LogP contribution in [0.25, 0.3) is 10.2 Å². The normalized spacial score (nSPS) is 16.3. The van der Waals surface area contributed by atoms with Crippen LogP contribution in [0.15, 0.2) is 36.4 Å². The monoisotopic (exact) mass is 425 g/mol. The van der Waals surface area contributed by atoms with Gasteiger partial charge in [-0.15, -0.1) is 11.3 Å². The second-order valence-corrected chi connectivity index (χ2v) is 9.08. The highest BCUT2D eigenvalue weighted by atomic mass is 32.1. The molecule has 6 nitrogen and oxygen atoms in total. The van der Waals surface area contributed by atoms with Crippen LogP contribution in [-0.2, 0) is 4.79 Å². The van der Waals surface area contributed by atoms with E-state index in [1.807, 2.05) is 67.0 Å². The number of β-amino-alcohol motifs (C(OH)–C–C–N with tert-alkyl or cyclic N) is 1. The number of para-hydroxylation sites is 1. The number of ether oxygens (including phenoxy) is 1. The molecule has 7 heteroatoms. The van der Waals surface area contributed by atoms with E-state index in [4.69, 9.17) is 4.74 Å². The molecule has 1 N–H and O–H groups in total. The summed E-state index contributed by atoms with van der Waals surface area (Å²) in [6, 6.07) is 11.9. The zero-order chi connectivity index (χ0) is 21.3. The maximum Gasteiger partial charge on any atom is 0.241 e. The number of aliphatic hydroxyl groups is 1. The number of piperazine rings is 1. The van der Waals surface area contributed by atoms with Crippen molar-refractivity contribution in [1.82, 2.24) is 9.88 Å². The number of amides is 1. The van der Waals surface area contributed by atoms with Gasteiger partial charge in [-0.1, -0.05) is 18.2 Å². The van der Waals surface area contributed by atoms with Crippen molar-refractivity contribution in [3.63, 3.8) is 0 Å². The minimum Gasteiger partial charge on any atom is -0.491 e. The first-order valence-corrected chi connectivity index (χ1v) is 11.0. The molecule has 158 valence electrons. The number of hydrogen-bond acceptors (Lipinski definition) is 6. The molecular formula is C23H27N3O3S. The highest BCUT2D eigenvalue weighted by molar-refractivity contribution is 7.18. The molecule has 1 atom stereocenters. The van der Waals surface area contributed by atoms with Gasteiger partial charge in [-0.25, -0.2) is 4.98 Å². The van der Waals surface area contributed by atoms with Crippen LogP contribution in [0.3, 0.4) is 0 Å². The summed E-state index contributed by atoms with van der Waals surface area (Å²) in [6.07, 6.45) is -0.669. The molecule has 4 rings (SSSR count). The van der Waals surface area contributed by atoms with Crippen LogP contribution in [0, 0.1) is 20.8 Å². The van der Waals surface area contributed by atoms with Crippen molar-refractivity contribution in [2.24, 2.45) is 0 Å². The molecule has 1 aliphatic rings. The van der Waals surface area contributed by atoms with Crippen LogP contribution in [-0.4, -0.2) is 59.8 Å². The maximum absolute atomic E-state index is 12.8. The van der Waals surface area contributed by atoms with Gasteiger partial charge in [0.05, 0.1) is 21.8 Å². The Hall–Kier alpha value is -2.48. The first-order chi connectivity index (χ1) is 14.4. The van der Waals surface area contributed by atoms with Crippen molar-refractivity contribution in [2.45, 2.75) is 26.9 Å². The molecule has 1 aliphatic heterocycles. The maximum atomic E-state index is 12.8. The third kappa shape index (κ3) is 4.48. The number of carbonyl (C=O) groups is 1. The van der Waals surface area contributed by atoms with Crippen LogP contribution < -0.4 is 9.64 Å². The Kier molecular flexibility index (Phi) is 6.04. The molecule has 0 saturated carbocycles. The van der Waals surface area contributed by atoms with E-state index in [2.05, 4.69) is 4.98 Å². The van der Waals surface area contributed by atoms with Crippen molar-refractivity contribution in [3.8, 4) is 5.75 Å². The van der Waals surface area contributed by atoms with E-state index in [0.29, 0.717) is 25.4 Å². The highest BCUT2D eigenvalue weighted by Gasteiger charge is 2.28. The fourth-order valence-corrected chi connectivity index (χ4v) is 4.81. The van der Waals surface area contributed by atoms with E-state index in [9.17, 15) is 9.90 Å². The second kappa shape index (κ2) is 8.71. The summed E-state index contributed by atoms with van der Waals surface area (Å²) in [6.45, 7) is 8.29. The molecule has 1 fully saturated rings. The first kappa shape index (κ1) is 20.8. The van der Waals surface area contributed by atoms with Crippen LogP contribution in [0.5, 0.6) is 5.75 Å². The van der Waals surface area contributed by atoms with Gasteiger partial charge < -0.3 is 14.7 Å². The Morgan fingerprint density at radius 1 is 1.17 bits per heavy atom. The van der Waals surface area contributed by atoms with E-state index in [0.717, 1.165) is 38.6 Å². The lowest BCUT2D eigenvalue weighted by atomic mass is 10.1. The van der Waals surface area contributed by atoms with Gasteiger partial charge in [0.1, 0.15) is 18.5 Å². The number of aromatic nitrogens is 1. The van der Waals surface area contributed by atoms with Gasteiger partial charge >= 0.3 is 0 Å². The minimum absolute atomic E-state index is 0.0659. The molecule has 1 saturated heterocycles. The third-order valence-electron chi connectivity index (χ3n) is 5.39. The standard InChI is InChI=1S/C23H27N3O3S/c1-15-5-4-6-16(2)23(15)26-10-9-25(13-22(26)28)12-18(27)14-29-19-7-8-21-20(11-19)24-17(3)30-21/h4-8,11,18,27H,9-10,12-14H2,1-3H3.